The van der Waals surface area contributed by atoms with Crippen LogP contribution >= 0.6 is 0 Å². The van der Waals surface area contributed by atoms with E-state index in [9.17, 15) is 30.7 Å². The molecule has 2 fully saturated rings. The lowest BCUT2D eigenvalue weighted by Crippen LogP contribution is -2.53. The topological polar surface area (TPSA) is 46.2 Å². The first-order valence-electron chi connectivity index (χ1n) is 11.4. The van der Waals surface area contributed by atoms with Crippen molar-refractivity contribution in [2.75, 3.05) is 6.61 Å². The third-order valence-corrected chi connectivity index (χ3v) is 6.01. The van der Waals surface area contributed by atoms with Crippen LogP contribution in [-0.2, 0) is 42.6 Å². The lowest BCUT2D eigenvalue weighted by molar-refractivity contribution is -0.279. The zero-order valence-corrected chi connectivity index (χ0v) is 20.0. The molecule has 2 saturated heterocycles. The highest BCUT2D eigenvalue weighted by Gasteiger charge is 2.52. The Labute approximate surface area is 208 Å². The maximum absolute atomic E-state index is 13.3. The van der Waals surface area contributed by atoms with Gasteiger partial charge >= 0.3 is 12.4 Å². The molecule has 0 N–H and O–H groups in total. The van der Waals surface area contributed by atoms with Gasteiger partial charge in [0.15, 0.2) is 12.1 Å². The summed E-state index contributed by atoms with van der Waals surface area (Å²) < 4.78 is 122. The van der Waals surface area contributed by atoms with Crippen molar-refractivity contribution in [1.29, 1.82) is 0 Å². The van der Waals surface area contributed by atoms with Crippen LogP contribution in [0, 0.1) is 5.82 Å². The molecule has 0 radical (unpaired) electrons. The molecule has 12 heteroatoms. The summed E-state index contributed by atoms with van der Waals surface area (Å²) in [5, 5.41) is 0. The van der Waals surface area contributed by atoms with E-state index in [1.165, 1.54) is 31.2 Å². The fraction of sp³-hybridized carbons (Fsp3) is 0.520. The Hall–Kier alpha value is -2.25. The minimum absolute atomic E-state index is 0.00170. The number of ether oxygens (including phenoxy) is 5. The number of rotatable bonds is 6. The molecule has 2 aliphatic heterocycles. The van der Waals surface area contributed by atoms with Gasteiger partial charge in [-0.25, -0.2) is 4.39 Å². The summed E-state index contributed by atoms with van der Waals surface area (Å²) in [6.45, 7) is 4.66. The lowest BCUT2D eigenvalue weighted by atomic mass is 10.0. The predicted octanol–water partition coefficient (Wildman–Crippen LogP) is 6.40. The summed E-state index contributed by atoms with van der Waals surface area (Å²) in [6, 6.07) is 6.78. The quantitative estimate of drug-likeness (QED) is 0.399. The number of benzene rings is 2. The van der Waals surface area contributed by atoms with E-state index in [0.717, 1.165) is 0 Å². The Balaban J connectivity index is 1.58. The highest BCUT2D eigenvalue weighted by atomic mass is 19.4. The van der Waals surface area contributed by atoms with Gasteiger partial charge in [0.2, 0.25) is 0 Å². The Kier molecular flexibility index (Phi) is 7.61. The van der Waals surface area contributed by atoms with Gasteiger partial charge in [-0.1, -0.05) is 12.1 Å². The van der Waals surface area contributed by atoms with Crippen LogP contribution in [0.2, 0.25) is 0 Å². The van der Waals surface area contributed by atoms with E-state index in [1.807, 2.05) is 0 Å². The van der Waals surface area contributed by atoms with Crippen LogP contribution in [0.15, 0.2) is 42.5 Å². The van der Waals surface area contributed by atoms with Crippen molar-refractivity contribution in [3.05, 3.63) is 70.5 Å². The molecule has 204 valence electrons. The van der Waals surface area contributed by atoms with Crippen LogP contribution in [0.3, 0.4) is 0 Å². The minimum atomic E-state index is -4.99. The van der Waals surface area contributed by atoms with Gasteiger partial charge < -0.3 is 23.7 Å². The lowest BCUT2D eigenvalue weighted by Gasteiger charge is -2.38. The first-order chi connectivity index (χ1) is 17.1. The van der Waals surface area contributed by atoms with E-state index in [2.05, 4.69) is 0 Å². The van der Waals surface area contributed by atoms with Crippen LogP contribution in [-0.4, -0.2) is 37.0 Å². The van der Waals surface area contributed by atoms with E-state index >= 15 is 0 Å². The molecular weight excluding hydrogens is 513 g/mol. The maximum atomic E-state index is 13.3. The molecule has 0 saturated carbocycles. The van der Waals surface area contributed by atoms with Crippen LogP contribution in [0.1, 0.15) is 49.1 Å². The number of hydrogen-bond donors (Lipinski definition) is 0. The average Bonchev–Trinajstić information content (AvgIpc) is 3.12. The highest BCUT2D eigenvalue weighted by molar-refractivity contribution is 5.34. The van der Waals surface area contributed by atoms with Crippen LogP contribution in [0.5, 0.6) is 0 Å². The van der Waals surface area contributed by atoms with Crippen LogP contribution in [0.25, 0.3) is 0 Å². The molecule has 0 aliphatic carbocycles. The molecule has 4 rings (SSSR count). The van der Waals surface area contributed by atoms with Crippen molar-refractivity contribution in [1.82, 2.24) is 0 Å². The molecule has 2 aliphatic rings. The molecule has 37 heavy (non-hydrogen) atoms. The number of halogens is 7. The molecule has 2 aromatic carbocycles. The average molecular weight is 538 g/mol. The van der Waals surface area contributed by atoms with Gasteiger partial charge in [0.05, 0.1) is 30.4 Å². The van der Waals surface area contributed by atoms with Crippen molar-refractivity contribution in [3.63, 3.8) is 0 Å². The molecule has 0 aromatic heterocycles. The Bertz CT molecular complexity index is 1050. The van der Waals surface area contributed by atoms with Crippen molar-refractivity contribution >= 4 is 0 Å². The molecule has 5 nitrogen and oxygen atoms in total. The number of alkyl halides is 6. The third kappa shape index (κ3) is 6.61. The van der Waals surface area contributed by atoms with Gasteiger partial charge in [0.25, 0.3) is 0 Å². The monoisotopic (exact) mass is 538 g/mol. The van der Waals surface area contributed by atoms with Gasteiger partial charge in [-0.05, 0) is 62.2 Å². The number of hydrogen-bond acceptors (Lipinski definition) is 5. The highest BCUT2D eigenvalue weighted by Crippen LogP contribution is 2.40. The summed E-state index contributed by atoms with van der Waals surface area (Å²) in [7, 11) is 0. The summed E-state index contributed by atoms with van der Waals surface area (Å²) >= 11 is 0. The van der Waals surface area contributed by atoms with Crippen molar-refractivity contribution in [2.24, 2.45) is 0 Å². The van der Waals surface area contributed by atoms with Crippen LogP contribution in [0.4, 0.5) is 30.7 Å². The fourth-order valence-corrected chi connectivity index (χ4v) is 4.27. The van der Waals surface area contributed by atoms with Gasteiger partial charge in [0.1, 0.15) is 24.1 Å². The van der Waals surface area contributed by atoms with Crippen molar-refractivity contribution in [2.45, 2.75) is 76.2 Å². The zero-order chi connectivity index (χ0) is 27.2. The molecule has 5 atom stereocenters. The molecule has 0 amide bonds. The van der Waals surface area contributed by atoms with E-state index < -0.39 is 65.8 Å². The largest absolute Gasteiger partial charge is 0.416 e. The molecule has 0 bridgehead atoms. The minimum Gasteiger partial charge on any atom is -0.365 e. The Morgan fingerprint density at radius 2 is 1.54 bits per heavy atom. The molecule has 0 spiro atoms. The first kappa shape index (κ1) is 27.8. The summed E-state index contributed by atoms with van der Waals surface area (Å²) in [4.78, 5) is 0. The second-order valence-electron chi connectivity index (χ2n) is 9.36. The molecule has 2 heterocycles. The molecule has 2 aromatic rings. The van der Waals surface area contributed by atoms with Crippen LogP contribution < -0.4 is 0 Å². The van der Waals surface area contributed by atoms with Crippen molar-refractivity contribution in [3.8, 4) is 0 Å². The first-order valence-corrected chi connectivity index (χ1v) is 11.4. The Morgan fingerprint density at radius 1 is 0.946 bits per heavy atom. The summed E-state index contributed by atoms with van der Waals surface area (Å²) in [5.41, 5.74) is -2.62. The second kappa shape index (κ2) is 10.1. The van der Waals surface area contributed by atoms with E-state index in [1.54, 1.807) is 13.8 Å². The van der Waals surface area contributed by atoms with E-state index in [-0.39, 0.29) is 24.8 Å². The normalized spacial score (nSPS) is 26.6. The fourth-order valence-electron chi connectivity index (χ4n) is 4.27. The molecule has 0 unspecified atom stereocenters. The van der Waals surface area contributed by atoms with Crippen molar-refractivity contribution < 1.29 is 54.4 Å². The molecular formula is C25H25F7O5. The summed E-state index contributed by atoms with van der Waals surface area (Å²) in [5.74, 6) is -1.42. The Morgan fingerprint density at radius 3 is 2.11 bits per heavy atom. The third-order valence-electron chi connectivity index (χ3n) is 6.01. The number of fused-ring (bicyclic) bond motifs is 1. The smallest absolute Gasteiger partial charge is 0.365 e. The predicted molar refractivity (Wildman–Crippen MR) is 114 cm³/mol. The standard InChI is InChI=1S/C25H25F7O5/c1-13(15-8-16(24(27,28)29)10-17(9-15)25(30,31)32)35-22-21(33-11-14-4-6-18(26)7-5-14)20-19(12-34-22)36-23(2,3)37-20/h4-10,13,19-22H,11-12H2,1-3H3/t13-,19+,20+,21-,22+/m1/s1. The summed E-state index contributed by atoms with van der Waals surface area (Å²) in [6.07, 6.45) is -14.6. The second-order valence-corrected chi connectivity index (χ2v) is 9.36. The van der Waals surface area contributed by atoms with Gasteiger partial charge in [-0.2, -0.15) is 26.3 Å². The van der Waals surface area contributed by atoms with Gasteiger partial charge in [0, 0.05) is 0 Å². The zero-order valence-electron chi connectivity index (χ0n) is 20.0. The van der Waals surface area contributed by atoms with Gasteiger partial charge in [-0.15, -0.1) is 0 Å². The SMILES string of the molecule is C[C@@H](O[C@@H]1OC[C@@H]2OC(C)(C)O[C@@H]2[C@H]1OCc1ccc(F)cc1)c1cc(C(F)(F)F)cc(C(F)(F)F)c1. The van der Waals surface area contributed by atoms with Gasteiger partial charge in [-0.3, -0.25) is 0 Å². The van der Waals surface area contributed by atoms with E-state index in [0.29, 0.717) is 17.7 Å². The maximum Gasteiger partial charge on any atom is 0.416 e. The van der Waals surface area contributed by atoms with E-state index in [4.69, 9.17) is 23.7 Å².